The second kappa shape index (κ2) is 7.98. The highest BCUT2D eigenvalue weighted by molar-refractivity contribution is 5.87. The number of benzene rings is 3. The Hall–Kier alpha value is -2.32. The first kappa shape index (κ1) is 16.5. The Morgan fingerprint density at radius 1 is 0.917 bits per heavy atom. The maximum Gasteiger partial charge on any atom is 0.123 e. The molecule has 0 radical (unpaired) electrons. The van der Waals surface area contributed by atoms with Gasteiger partial charge in [0, 0.05) is 18.2 Å². The molecule has 3 aromatic carbocycles. The van der Waals surface area contributed by atoms with Gasteiger partial charge in [-0.15, -0.1) is 0 Å². The SMILES string of the molecule is CCCC(NCc1c(OC)ccc2ccccc12)c1ccccc1. The van der Waals surface area contributed by atoms with Gasteiger partial charge in [0.05, 0.1) is 7.11 Å². The maximum atomic E-state index is 5.61. The molecule has 24 heavy (non-hydrogen) atoms. The van der Waals surface area contributed by atoms with E-state index in [2.05, 4.69) is 79.0 Å². The van der Waals surface area contributed by atoms with E-state index in [-0.39, 0.29) is 0 Å². The van der Waals surface area contributed by atoms with Gasteiger partial charge in [0.1, 0.15) is 5.75 Å². The van der Waals surface area contributed by atoms with Crippen molar-refractivity contribution in [1.29, 1.82) is 0 Å². The maximum absolute atomic E-state index is 5.61. The number of fused-ring (bicyclic) bond motifs is 1. The molecule has 0 aliphatic carbocycles. The quantitative estimate of drug-likeness (QED) is 0.622. The Morgan fingerprint density at radius 2 is 1.67 bits per heavy atom. The molecule has 0 aromatic heterocycles. The summed E-state index contributed by atoms with van der Waals surface area (Å²) in [4.78, 5) is 0. The summed E-state index contributed by atoms with van der Waals surface area (Å²) in [7, 11) is 1.74. The zero-order chi connectivity index (χ0) is 16.8. The summed E-state index contributed by atoms with van der Waals surface area (Å²) in [5, 5.41) is 6.25. The van der Waals surface area contributed by atoms with E-state index in [9.17, 15) is 0 Å². The molecule has 0 bridgehead atoms. The van der Waals surface area contributed by atoms with Gasteiger partial charge in [-0.05, 0) is 28.8 Å². The molecule has 0 fully saturated rings. The highest BCUT2D eigenvalue weighted by atomic mass is 16.5. The van der Waals surface area contributed by atoms with Crippen molar-refractivity contribution in [3.63, 3.8) is 0 Å². The topological polar surface area (TPSA) is 21.3 Å². The number of ether oxygens (including phenoxy) is 1. The molecule has 2 nitrogen and oxygen atoms in total. The van der Waals surface area contributed by atoms with E-state index in [0.29, 0.717) is 6.04 Å². The number of hydrogen-bond donors (Lipinski definition) is 1. The zero-order valence-corrected chi connectivity index (χ0v) is 14.5. The van der Waals surface area contributed by atoms with Crippen LogP contribution in [0.5, 0.6) is 5.75 Å². The van der Waals surface area contributed by atoms with Crippen LogP contribution in [0.3, 0.4) is 0 Å². The third-order valence-corrected chi connectivity index (χ3v) is 4.52. The molecule has 3 rings (SSSR count). The van der Waals surface area contributed by atoms with Gasteiger partial charge >= 0.3 is 0 Å². The summed E-state index contributed by atoms with van der Waals surface area (Å²) in [5.74, 6) is 0.949. The second-order valence-corrected chi connectivity index (χ2v) is 6.10. The molecule has 0 spiro atoms. The molecule has 3 aromatic rings. The van der Waals surface area contributed by atoms with Gasteiger partial charge in [0.15, 0.2) is 0 Å². The van der Waals surface area contributed by atoms with Gasteiger partial charge in [-0.3, -0.25) is 0 Å². The van der Waals surface area contributed by atoms with E-state index >= 15 is 0 Å². The molecular formula is C22H25NO. The molecule has 0 aliphatic rings. The Bertz CT molecular complexity index is 782. The van der Waals surface area contributed by atoms with Crippen molar-refractivity contribution in [2.75, 3.05) is 7.11 Å². The van der Waals surface area contributed by atoms with E-state index in [0.717, 1.165) is 25.1 Å². The minimum atomic E-state index is 0.361. The lowest BCUT2D eigenvalue weighted by molar-refractivity contribution is 0.405. The van der Waals surface area contributed by atoms with Crippen molar-refractivity contribution in [3.05, 3.63) is 77.9 Å². The fourth-order valence-corrected chi connectivity index (χ4v) is 3.28. The van der Waals surface area contributed by atoms with E-state index in [4.69, 9.17) is 4.74 Å². The van der Waals surface area contributed by atoms with Crippen LogP contribution < -0.4 is 10.1 Å². The molecule has 1 N–H and O–H groups in total. The molecule has 0 aliphatic heterocycles. The average molecular weight is 319 g/mol. The van der Waals surface area contributed by atoms with Gasteiger partial charge < -0.3 is 10.1 Å². The third kappa shape index (κ3) is 3.60. The number of methoxy groups -OCH3 is 1. The predicted molar refractivity (Wildman–Crippen MR) is 101 cm³/mol. The van der Waals surface area contributed by atoms with Crippen LogP contribution in [-0.2, 0) is 6.54 Å². The van der Waals surface area contributed by atoms with E-state index in [1.807, 2.05) is 0 Å². The fraction of sp³-hybridized carbons (Fsp3) is 0.273. The molecule has 1 atom stereocenters. The van der Waals surface area contributed by atoms with Crippen LogP contribution in [0, 0.1) is 0 Å². The number of nitrogens with one attached hydrogen (secondary N) is 1. The summed E-state index contributed by atoms with van der Waals surface area (Å²) in [6.07, 6.45) is 2.27. The van der Waals surface area contributed by atoms with Crippen LogP contribution in [0.2, 0.25) is 0 Å². The van der Waals surface area contributed by atoms with Crippen molar-refractivity contribution >= 4 is 10.8 Å². The van der Waals surface area contributed by atoms with Crippen LogP contribution in [0.25, 0.3) is 10.8 Å². The number of rotatable bonds is 7. The second-order valence-electron chi connectivity index (χ2n) is 6.10. The van der Waals surface area contributed by atoms with Crippen LogP contribution >= 0.6 is 0 Å². The summed E-state index contributed by atoms with van der Waals surface area (Å²) in [6, 6.07) is 23.7. The summed E-state index contributed by atoms with van der Waals surface area (Å²) < 4.78 is 5.61. The molecule has 1 unspecified atom stereocenters. The van der Waals surface area contributed by atoms with Crippen LogP contribution in [-0.4, -0.2) is 7.11 Å². The molecule has 124 valence electrons. The van der Waals surface area contributed by atoms with Crippen molar-refractivity contribution in [2.45, 2.75) is 32.4 Å². The van der Waals surface area contributed by atoms with Crippen LogP contribution in [0.15, 0.2) is 66.7 Å². The average Bonchev–Trinajstić information content (AvgIpc) is 2.65. The Labute approximate surface area is 144 Å². The van der Waals surface area contributed by atoms with Gasteiger partial charge in [-0.25, -0.2) is 0 Å². The van der Waals surface area contributed by atoms with Gasteiger partial charge in [-0.1, -0.05) is 74.0 Å². The first-order chi connectivity index (χ1) is 11.8. The molecule has 2 heteroatoms. The third-order valence-electron chi connectivity index (χ3n) is 4.52. The molecular weight excluding hydrogens is 294 g/mol. The highest BCUT2D eigenvalue weighted by Gasteiger charge is 2.13. The first-order valence-corrected chi connectivity index (χ1v) is 8.66. The Morgan fingerprint density at radius 3 is 2.42 bits per heavy atom. The lowest BCUT2D eigenvalue weighted by Crippen LogP contribution is -2.21. The van der Waals surface area contributed by atoms with Crippen molar-refractivity contribution in [3.8, 4) is 5.75 Å². The molecule has 0 saturated heterocycles. The zero-order valence-electron chi connectivity index (χ0n) is 14.5. The largest absolute Gasteiger partial charge is 0.496 e. The van der Waals surface area contributed by atoms with E-state index in [1.165, 1.54) is 21.9 Å². The monoisotopic (exact) mass is 319 g/mol. The first-order valence-electron chi connectivity index (χ1n) is 8.66. The Kier molecular flexibility index (Phi) is 5.50. The van der Waals surface area contributed by atoms with Crippen molar-refractivity contribution < 1.29 is 4.74 Å². The summed E-state index contributed by atoms with van der Waals surface area (Å²) in [5.41, 5.74) is 2.58. The van der Waals surface area contributed by atoms with Gasteiger partial charge in [-0.2, -0.15) is 0 Å². The Balaban J connectivity index is 1.88. The van der Waals surface area contributed by atoms with Gasteiger partial charge in [0.2, 0.25) is 0 Å². The molecule has 0 saturated carbocycles. The van der Waals surface area contributed by atoms with Crippen LogP contribution in [0.1, 0.15) is 36.9 Å². The molecule has 0 amide bonds. The summed E-state index contributed by atoms with van der Waals surface area (Å²) >= 11 is 0. The van der Waals surface area contributed by atoms with E-state index < -0.39 is 0 Å². The molecule has 0 heterocycles. The number of hydrogen-bond acceptors (Lipinski definition) is 2. The fourth-order valence-electron chi connectivity index (χ4n) is 3.28. The van der Waals surface area contributed by atoms with Crippen molar-refractivity contribution in [2.24, 2.45) is 0 Å². The summed E-state index contributed by atoms with van der Waals surface area (Å²) in [6.45, 7) is 3.03. The van der Waals surface area contributed by atoms with Crippen LogP contribution in [0.4, 0.5) is 0 Å². The minimum Gasteiger partial charge on any atom is -0.496 e. The lowest BCUT2D eigenvalue weighted by atomic mass is 10.00. The minimum absolute atomic E-state index is 0.361. The smallest absolute Gasteiger partial charge is 0.123 e. The van der Waals surface area contributed by atoms with Gasteiger partial charge in [0.25, 0.3) is 0 Å². The normalized spacial score (nSPS) is 12.2. The standard InChI is InChI=1S/C22H25NO/c1-3-9-21(18-11-5-4-6-12-18)23-16-20-19-13-8-7-10-17(19)14-15-22(20)24-2/h4-8,10-15,21,23H,3,9,16H2,1-2H3. The highest BCUT2D eigenvalue weighted by Crippen LogP contribution is 2.29. The predicted octanol–water partition coefficient (Wildman–Crippen LogP) is 5.48. The van der Waals surface area contributed by atoms with E-state index in [1.54, 1.807) is 7.11 Å². The lowest BCUT2D eigenvalue weighted by Gasteiger charge is -2.20. The van der Waals surface area contributed by atoms with Crippen molar-refractivity contribution in [1.82, 2.24) is 5.32 Å².